The molecule has 5 aromatic rings. The number of nitrogens with zero attached hydrogens (tertiary/aromatic N) is 4. The van der Waals surface area contributed by atoms with Crippen molar-refractivity contribution >= 4 is 23.4 Å². The third-order valence-electron chi connectivity index (χ3n) is 7.32. The summed E-state index contributed by atoms with van der Waals surface area (Å²) < 4.78 is 14.6. The fourth-order valence-corrected chi connectivity index (χ4v) is 6.21. The van der Waals surface area contributed by atoms with Crippen molar-refractivity contribution in [2.75, 3.05) is 13.7 Å². The maximum Gasteiger partial charge on any atom is 0.338 e. The van der Waals surface area contributed by atoms with Gasteiger partial charge < -0.3 is 9.47 Å². The van der Waals surface area contributed by atoms with Gasteiger partial charge >= 0.3 is 5.97 Å². The van der Waals surface area contributed by atoms with E-state index in [1.807, 2.05) is 103 Å². The Labute approximate surface area is 252 Å². The summed E-state index contributed by atoms with van der Waals surface area (Å²) in [4.78, 5) is 32.6. The highest BCUT2D eigenvalue weighted by Crippen LogP contribution is 2.32. The van der Waals surface area contributed by atoms with Gasteiger partial charge in [-0.25, -0.2) is 14.5 Å². The fraction of sp³-hybridized carbons (Fsp3) is 0.176. The molecule has 2 aromatic heterocycles. The number of hydrogen-bond acceptors (Lipinski definition) is 7. The molecule has 0 amide bonds. The Morgan fingerprint density at radius 2 is 1.72 bits per heavy atom. The monoisotopic (exact) mass is 590 g/mol. The van der Waals surface area contributed by atoms with Crippen LogP contribution in [0.25, 0.3) is 23.0 Å². The summed E-state index contributed by atoms with van der Waals surface area (Å²) >= 11 is 1.29. The second-order valence-electron chi connectivity index (χ2n) is 10.2. The molecule has 0 saturated carbocycles. The molecule has 0 saturated heterocycles. The minimum absolute atomic E-state index is 0.211. The maximum atomic E-state index is 14.2. The lowest BCUT2D eigenvalue weighted by molar-refractivity contribution is -0.139. The Kier molecular flexibility index (Phi) is 7.65. The van der Waals surface area contributed by atoms with Crippen molar-refractivity contribution in [3.05, 3.63) is 133 Å². The highest BCUT2D eigenvalue weighted by Gasteiger charge is 2.33. The molecule has 0 unspecified atom stereocenters. The lowest BCUT2D eigenvalue weighted by Crippen LogP contribution is -2.39. The number of esters is 1. The van der Waals surface area contributed by atoms with Crippen LogP contribution in [0, 0.1) is 6.92 Å². The predicted octanol–water partition coefficient (Wildman–Crippen LogP) is 4.97. The van der Waals surface area contributed by atoms with Crippen LogP contribution >= 0.6 is 11.3 Å². The summed E-state index contributed by atoms with van der Waals surface area (Å²) in [5.74, 6) is 0.179. The average molecular weight is 591 g/mol. The van der Waals surface area contributed by atoms with Gasteiger partial charge in [0.15, 0.2) is 4.80 Å². The molecule has 0 bridgehead atoms. The molecule has 3 heterocycles. The van der Waals surface area contributed by atoms with Crippen LogP contribution in [0.1, 0.15) is 36.6 Å². The summed E-state index contributed by atoms with van der Waals surface area (Å²) in [5.41, 5.74) is 5.90. The van der Waals surface area contributed by atoms with Gasteiger partial charge in [-0.3, -0.25) is 9.36 Å². The van der Waals surface area contributed by atoms with Crippen molar-refractivity contribution in [3.8, 4) is 22.7 Å². The number of fused-ring (bicyclic) bond motifs is 1. The number of carbonyl (C=O) groups is 1. The zero-order valence-corrected chi connectivity index (χ0v) is 25.1. The van der Waals surface area contributed by atoms with Crippen LogP contribution < -0.4 is 19.6 Å². The van der Waals surface area contributed by atoms with Crippen LogP contribution in [-0.4, -0.2) is 34.0 Å². The van der Waals surface area contributed by atoms with Crippen LogP contribution in [0.3, 0.4) is 0 Å². The van der Waals surface area contributed by atoms with Crippen molar-refractivity contribution in [1.29, 1.82) is 0 Å². The molecule has 6 rings (SSSR count). The molecule has 9 heteroatoms. The van der Waals surface area contributed by atoms with Gasteiger partial charge in [0.2, 0.25) is 0 Å². The molecule has 1 aliphatic heterocycles. The number of hydrogen-bond donors (Lipinski definition) is 0. The molecular weight excluding hydrogens is 560 g/mol. The number of benzene rings is 3. The van der Waals surface area contributed by atoms with Gasteiger partial charge in [0.1, 0.15) is 5.75 Å². The molecule has 3 aromatic carbocycles. The molecule has 8 nitrogen and oxygen atoms in total. The van der Waals surface area contributed by atoms with E-state index in [4.69, 9.17) is 19.6 Å². The Morgan fingerprint density at radius 3 is 2.40 bits per heavy atom. The smallest absolute Gasteiger partial charge is 0.338 e. The van der Waals surface area contributed by atoms with Crippen molar-refractivity contribution in [2.24, 2.45) is 4.99 Å². The second-order valence-corrected chi connectivity index (χ2v) is 11.2. The number of carbonyl (C=O) groups excluding carboxylic acids is 1. The van der Waals surface area contributed by atoms with Crippen LogP contribution in [-0.2, 0) is 9.53 Å². The molecule has 0 N–H and O–H groups in total. The third kappa shape index (κ3) is 5.35. The first kappa shape index (κ1) is 28.1. The molecule has 216 valence electrons. The summed E-state index contributed by atoms with van der Waals surface area (Å²) in [7, 11) is 1.59. The minimum atomic E-state index is -0.702. The predicted molar refractivity (Wildman–Crippen MR) is 167 cm³/mol. The minimum Gasteiger partial charge on any atom is -0.497 e. The van der Waals surface area contributed by atoms with Crippen molar-refractivity contribution < 1.29 is 14.3 Å². The number of aromatic nitrogens is 3. The van der Waals surface area contributed by atoms with E-state index in [1.165, 1.54) is 11.3 Å². The number of methoxy groups -OCH3 is 1. The van der Waals surface area contributed by atoms with E-state index in [9.17, 15) is 9.59 Å². The molecular formula is C34H30N4O4S. The summed E-state index contributed by atoms with van der Waals surface area (Å²) in [6.07, 6.45) is 3.79. The quantitative estimate of drug-likeness (QED) is 0.250. The zero-order valence-electron chi connectivity index (χ0n) is 24.3. The van der Waals surface area contributed by atoms with Gasteiger partial charge in [-0.05, 0) is 56.7 Å². The van der Waals surface area contributed by atoms with Crippen molar-refractivity contribution in [2.45, 2.75) is 26.8 Å². The molecule has 0 aliphatic carbocycles. The second kappa shape index (κ2) is 11.7. The Bertz CT molecular complexity index is 2020. The van der Waals surface area contributed by atoms with Gasteiger partial charge in [-0.2, -0.15) is 5.10 Å². The highest BCUT2D eigenvalue weighted by molar-refractivity contribution is 7.07. The SMILES string of the molecule is CCOC(=O)C1=C(C)N=c2sc(=Cc3cn(-c4ccccc4)nc3-c3ccc(C)cc3)c(=O)n2[C@@H]1c1ccc(OC)cc1. The highest BCUT2D eigenvalue weighted by atomic mass is 32.1. The fourth-order valence-electron chi connectivity index (χ4n) is 5.18. The molecule has 1 aliphatic rings. The van der Waals surface area contributed by atoms with Crippen LogP contribution in [0.5, 0.6) is 5.75 Å². The number of ether oxygens (including phenoxy) is 2. The van der Waals surface area contributed by atoms with Gasteiger partial charge in [-0.1, -0.05) is 71.5 Å². The number of thiazole rings is 1. The van der Waals surface area contributed by atoms with E-state index in [-0.39, 0.29) is 12.2 Å². The molecule has 0 fully saturated rings. The van der Waals surface area contributed by atoms with Gasteiger partial charge in [0, 0.05) is 17.3 Å². The van der Waals surface area contributed by atoms with Crippen LogP contribution in [0.4, 0.5) is 0 Å². The molecule has 0 spiro atoms. The van der Waals surface area contributed by atoms with Crippen LogP contribution in [0.15, 0.2) is 106 Å². The first-order chi connectivity index (χ1) is 20.9. The molecule has 1 atom stereocenters. The van der Waals surface area contributed by atoms with Crippen LogP contribution in [0.2, 0.25) is 0 Å². The van der Waals surface area contributed by atoms with Crippen molar-refractivity contribution in [1.82, 2.24) is 14.3 Å². The zero-order chi connectivity index (χ0) is 30.1. The van der Waals surface area contributed by atoms with Gasteiger partial charge in [0.25, 0.3) is 5.56 Å². The number of allylic oxidation sites excluding steroid dienone is 1. The average Bonchev–Trinajstić information content (AvgIpc) is 3.58. The van der Waals surface area contributed by atoms with Gasteiger partial charge in [-0.15, -0.1) is 0 Å². The third-order valence-corrected chi connectivity index (χ3v) is 8.31. The van der Waals surface area contributed by atoms with E-state index in [0.29, 0.717) is 26.4 Å². The lowest BCUT2D eigenvalue weighted by atomic mass is 9.96. The number of aryl methyl sites for hydroxylation is 1. The van der Waals surface area contributed by atoms with Gasteiger partial charge in [0.05, 0.1) is 46.9 Å². The summed E-state index contributed by atoms with van der Waals surface area (Å²) in [6, 6.07) is 24.7. The van der Waals surface area contributed by atoms with E-state index in [2.05, 4.69) is 0 Å². The maximum absolute atomic E-state index is 14.2. The molecule has 0 radical (unpaired) electrons. The molecule has 43 heavy (non-hydrogen) atoms. The summed E-state index contributed by atoms with van der Waals surface area (Å²) in [6.45, 7) is 5.79. The standard InChI is InChI=1S/C34H30N4O4S/c1-5-42-33(40)29-22(3)35-34-38(31(29)24-15-17-27(41-4)18-16-24)32(39)28(43-34)19-25-20-37(26-9-7-6-8-10-26)36-30(25)23-13-11-21(2)12-14-23/h6-20,31H,5H2,1-4H3/t31-/m1/s1. The van der Waals surface area contributed by atoms with E-state index in [0.717, 1.165) is 33.6 Å². The first-order valence-corrected chi connectivity index (χ1v) is 14.8. The van der Waals surface area contributed by atoms with Crippen molar-refractivity contribution in [3.63, 3.8) is 0 Å². The summed E-state index contributed by atoms with van der Waals surface area (Å²) in [5, 5.41) is 4.91. The largest absolute Gasteiger partial charge is 0.497 e. The Balaban J connectivity index is 1.55. The Hall–Kier alpha value is -5.02. The topological polar surface area (TPSA) is 87.7 Å². The lowest BCUT2D eigenvalue weighted by Gasteiger charge is -2.24. The Morgan fingerprint density at radius 1 is 1.00 bits per heavy atom. The van der Waals surface area contributed by atoms with E-state index >= 15 is 0 Å². The normalized spacial score (nSPS) is 14.8. The first-order valence-electron chi connectivity index (χ1n) is 13.9. The number of rotatable bonds is 7. The van der Waals surface area contributed by atoms with E-state index < -0.39 is 12.0 Å². The van der Waals surface area contributed by atoms with E-state index in [1.54, 1.807) is 25.5 Å². The number of para-hydroxylation sites is 1.